The van der Waals surface area contributed by atoms with Crippen LogP contribution in [0.1, 0.15) is 62.1 Å². The Morgan fingerprint density at radius 2 is 1.88 bits per heavy atom. The highest BCUT2D eigenvalue weighted by Gasteiger charge is 2.53. The van der Waals surface area contributed by atoms with Gasteiger partial charge in [-0.25, -0.2) is 4.98 Å². The SMILES string of the molecule is O=[S@@]1CCCCc2nc(N3CC4(CC(c5ccc(Cl)cc5)C4)C3)nc(NC3(CO)CCC3)c21. The molecule has 1 spiro atoms. The predicted octanol–water partition coefficient (Wildman–Crippen LogP) is 4.28. The molecular formula is C25H31ClN4O2S. The van der Waals surface area contributed by atoms with E-state index in [0.717, 1.165) is 73.2 Å². The summed E-state index contributed by atoms with van der Waals surface area (Å²) >= 11 is 6.04. The van der Waals surface area contributed by atoms with Crippen molar-refractivity contribution >= 4 is 34.2 Å². The summed E-state index contributed by atoms with van der Waals surface area (Å²) in [6.45, 7) is 2.03. The molecule has 0 unspecified atom stereocenters. The van der Waals surface area contributed by atoms with Crippen molar-refractivity contribution in [3.8, 4) is 0 Å². The smallest absolute Gasteiger partial charge is 0.227 e. The van der Waals surface area contributed by atoms with Crippen LogP contribution in [0.5, 0.6) is 0 Å². The summed E-state index contributed by atoms with van der Waals surface area (Å²) in [6.07, 6.45) is 8.12. The summed E-state index contributed by atoms with van der Waals surface area (Å²) < 4.78 is 13.0. The lowest BCUT2D eigenvalue weighted by molar-refractivity contribution is 0.0619. The van der Waals surface area contributed by atoms with Gasteiger partial charge in [0.15, 0.2) is 0 Å². The molecule has 8 heteroatoms. The van der Waals surface area contributed by atoms with Crippen molar-refractivity contribution in [2.75, 3.05) is 35.7 Å². The molecule has 2 N–H and O–H groups in total. The highest BCUT2D eigenvalue weighted by molar-refractivity contribution is 7.85. The van der Waals surface area contributed by atoms with E-state index in [1.54, 1.807) is 0 Å². The van der Waals surface area contributed by atoms with Crippen LogP contribution >= 0.6 is 11.6 Å². The van der Waals surface area contributed by atoms with Gasteiger partial charge >= 0.3 is 0 Å². The Labute approximate surface area is 202 Å². The third-order valence-corrected chi connectivity index (χ3v) is 9.97. The van der Waals surface area contributed by atoms with Crippen LogP contribution in [0.4, 0.5) is 11.8 Å². The van der Waals surface area contributed by atoms with E-state index in [2.05, 4.69) is 22.3 Å². The maximum atomic E-state index is 13.0. The van der Waals surface area contributed by atoms with Gasteiger partial charge in [-0.3, -0.25) is 4.21 Å². The number of benzene rings is 1. The van der Waals surface area contributed by atoms with Crippen molar-refractivity contribution < 1.29 is 9.32 Å². The number of nitrogens with one attached hydrogen (secondary N) is 1. The number of anilines is 2. The summed E-state index contributed by atoms with van der Waals surface area (Å²) in [5.41, 5.74) is 2.34. The third kappa shape index (κ3) is 3.86. The number of aliphatic hydroxyl groups is 1. The number of aryl methyl sites for hydroxylation is 1. The Balaban J connectivity index is 1.21. The fourth-order valence-electron chi connectivity index (χ4n) is 6.04. The molecule has 1 aromatic carbocycles. The molecule has 176 valence electrons. The van der Waals surface area contributed by atoms with Crippen LogP contribution in [0.3, 0.4) is 0 Å². The lowest BCUT2D eigenvalue weighted by Crippen LogP contribution is -2.62. The quantitative estimate of drug-likeness (QED) is 0.656. The Morgan fingerprint density at radius 1 is 1.12 bits per heavy atom. The number of aliphatic hydroxyl groups excluding tert-OH is 1. The van der Waals surface area contributed by atoms with Crippen molar-refractivity contribution in [3.63, 3.8) is 0 Å². The van der Waals surface area contributed by atoms with Gasteiger partial charge in [0.25, 0.3) is 0 Å². The predicted molar refractivity (Wildman–Crippen MR) is 132 cm³/mol. The minimum Gasteiger partial charge on any atom is -0.394 e. The van der Waals surface area contributed by atoms with Crippen molar-refractivity contribution in [2.45, 2.75) is 67.7 Å². The summed E-state index contributed by atoms with van der Waals surface area (Å²) in [5.74, 6) is 2.72. The van der Waals surface area contributed by atoms with Gasteiger partial charge in [0, 0.05) is 29.3 Å². The average molecular weight is 487 g/mol. The summed E-state index contributed by atoms with van der Waals surface area (Å²) in [7, 11) is -1.09. The molecule has 1 aromatic heterocycles. The molecular weight excluding hydrogens is 456 g/mol. The van der Waals surface area contributed by atoms with Crippen LogP contribution in [0.2, 0.25) is 5.02 Å². The fourth-order valence-corrected chi connectivity index (χ4v) is 7.56. The number of aromatic nitrogens is 2. The lowest BCUT2D eigenvalue weighted by Gasteiger charge is -2.59. The van der Waals surface area contributed by atoms with E-state index in [1.165, 1.54) is 18.4 Å². The lowest BCUT2D eigenvalue weighted by atomic mass is 9.56. The molecule has 3 heterocycles. The summed E-state index contributed by atoms with van der Waals surface area (Å²) in [6, 6.07) is 8.28. The Hall–Kier alpha value is -1.70. The largest absolute Gasteiger partial charge is 0.394 e. The second kappa shape index (κ2) is 8.21. The molecule has 0 amide bonds. The molecule has 0 radical (unpaired) electrons. The number of hydrogen-bond acceptors (Lipinski definition) is 6. The molecule has 33 heavy (non-hydrogen) atoms. The molecule has 2 aliphatic carbocycles. The molecule has 6 nitrogen and oxygen atoms in total. The van der Waals surface area contributed by atoms with Crippen molar-refractivity contribution in [3.05, 3.63) is 40.5 Å². The van der Waals surface area contributed by atoms with Crippen LogP contribution in [0.25, 0.3) is 0 Å². The van der Waals surface area contributed by atoms with Crippen molar-refractivity contribution in [1.82, 2.24) is 9.97 Å². The second-order valence-corrected chi connectivity index (χ2v) is 12.5. The molecule has 4 aliphatic rings. The third-order valence-electron chi connectivity index (χ3n) is 8.18. The molecule has 1 atom stereocenters. The summed E-state index contributed by atoms with van der Waals surface area (Å²) in [4.78, 5) is 12.9. The highest BCUT2D eigenvalue weighted by atomic mass is 35.5. The van der Waals surface area contributed by atoms with Crippen molar-refractivity contribution in [2.24, 2.45) is 5.41 Å². The zero-order valence-electron chi connectivity index (χ0n) is 18.9. The standard InChI is InChI=1S/C25H31ClN4O2S/c26-19-7-5-17(6-8-19)18-12-24(13-18)14-30(15-24)23-27-20-4-1-2-11-33(32)21(20)22(28-23)29-25(16-31)9-3-10-25/h5-8,18,31H,1-4,9-16H2,(H,27,28,29)/t33-/m1/s1. The fraction of sp³-hybridized carbons (Fsp3) is 0.600. The first-order chi connectivity index (χ1) is 16.0. The van der Waals surface area contributed by atoms with E-state index in [9.17, 15) is 9.32 Å². The molecule has 0 bridgehead atoms. The van der Waals surface area contributed by atoms with Crippen LogP contribution in [0, 0.1) is 5.41 Å². The Kier molecular flexibility index (Phi) is 5.42. The van der Waals surface area contributed by atoms with Gasteiger partial charge in [-0.1, -0.05) is 23.7 Å². The summed E-state index contributed by atoms with van der Waals surface area (Å²) in [5, 5.41) is 14.3. The minimum absolute atomic E-state index is 0.0760. The molecule has 6 rings (SSSR count). The van der Waals surface area contributed by atoms with Crippen LogP contribution in [-0.4, -0.2) is 50.3 Å². The van der Waals surface area contributed by atoms with Crippen LogP contribution < -0.4 is 10.2 Å². The maximum absolute atomic E-state index is 13.0. The first-order valence-corrected chi connectivity index (χ1v) is 13.9. The van der Waals surface area contributed by atoms with E-state index in [0.29, 0.717) is 22.9 Å². The van der Waals surface area contributed by atoms with Crippen LogP contribution in [0.15, 0.2) is 29.2 Å². The minimum atomic E-state index is -1.09. The first kappa shape index (κ1) is 21.8. The zero-order valence-corrected chi connectivity index (χ0v) is 20.4. The second-order valence-electron chi connectivity index (χ2n) is 10.6. The van der Waals surface area contributed by atoms with Gasteiger partial charge in [-0.05, 0) is 75.0 Å². The number of rotatable bonds is 5. The first-order valence-electron chi connectivity index (χ1n) is 12.2. The number of fused-ring (bicyclic) bond motifs is 1. The maximum Gasteiger partial charge on any atom is 0.227 e. The van der Waals surface area contributed by atoms with Gasteiger partial charge in [-0.15, -0.1) is 0 Å². The van der Waals surface area contributed by atoms with E-state index < -0.39 is 10.8 Å². The van der Waals surface area contributed by atoms with Crippen molar-refractivity contribution in [1.29, 1.82) is 0 Å². The van der Waals surface area contributed by atoms with E-state index in [-0.39, 0.29) is 12.1 Å². The van der Waals surface area contributed by atoms with Gasteiger partial charge in [0.2, 0.25) is 5.95 Å². The average Bonchev–Trinajstić information content (AvgIpc) is 2.91. The molecule has 1 saturated heterocycles. The normalized spacial score (nSPS) is 25.4. The number of hydrogen-bond donors (Lipinski definition) is 2. The number of halogens is 1. The monoisotopic (exact) mass is 486 g/mol. The van der Waals surface area contributed by atoms with Crippen LogP contribution in [-0.2, 0) is 17.2 Å². The van der Waals surface area contributed by atoms with Gasteiger partial charge in [0.1, 0.15) is 10.7 Å². The van der Waals surface area contributed by atoms with Gasteiger partial charge < -0.3 is 15.3 Å². The number of nitrogens with zero attached hydrogens (tertiary/aromatic N) is 3. The topological polar surface area (TPSA) is 78.4 Å². The zero-order chi connectivity index (χ0) is 22.6. The Bertz CT molecular complexity index is 1070. The van der Waals surface area contributed by atoms with Gasteiger partial charge in [0.05, 0.1) is 28.6 Å². The van der Waals surface area contributed by atoms with E-state index in [4.69, 9.17) is 21.6 Å². The Morgan fingerprint density at radius 3 is 2.55 bits per heavy atom. The molecule has 2 aliphatic heterocycles. The van der Waals surface area contributed by atoms with E-state index in [1.807, 2.05) is 12.1 Å². The molecule has 2 saturated carbocycles. The van der Waals surface area contributed by atoms with E-state index >= 15 is 0 Å². The molecule has 2 aromatic rings. The molecule has 3 fully saturated rings. The van der Waals surface area contributed by atoms with Gasteiger partial charge in [-0.2, -0.15) is 4.98 Å². The highest BCUT2D eigenvalue weighted by Crippen LogP contribution is 2.56.